The molecule has 0 aromatic carbocycles. The molecule has 0 aliphatic rings. The lowest BCUT2D eigenvalue weighted by atomic mass is 10.4. The Hall–Kier alpha value is 0.110. The Kier molecular flexibility index (Phi) is 4.13. The molecule has 0 saturated heterocycles. The van der Waals surface area contributed by atoms with Gasteiger partial charge in [0.05, 0.1) is 27.7 Å². The fraction of sp³-hybridized carbons (Fsp3) is 1.00. The molecular formula is C7H18NOS+. The van der Waals surface area contributed by atoms with E-state index in [0.29, 0.717) is 0 Å². The zero-order valence-electron chi connectivity index (χ0n) is 7.39. The van der Waals surface area contributed by atoms with E-state index in [1.807, 2.05) is 0 Å². The minimum atomic E-state index is -0.610. The third kappa shape index (κ3) is 8.11. The third-order valence-electron chi connectivity index (χ3n) is 1.26. The monoisotopic (exact) mass is 164 g/mol. The molecule has 0 fully saturated rings. The zero-order chi connectivity index (χ0) is 8.20. The molecule has 2 nitrogen and oxygen atoms in total. The van der Waals surface area contributed by atoms with Crippen molar-refractivity contribution in [1.82, 2.24) is 0 Å². The summed E-state index contributed by atoms with van der Waals surface area (Å²) in [5, 5.41) is 0. The fourth-order valence-corrected chi connectivity index (χ4v) is 1.28. The van der Waals surface area contributed by atoms with Crippen LogP contribution >= 0.6 is 0 Å². The molecule has 0 amide bonds. The van der Waals surface area contributed by atoms with Gasteiger partial charge in [0, 0.05) is 29.2 Å². The zero-order valence-corrected chi connectivity index (χ0v) is 8.20. The van der Waals surface area contributed by atoms with Gasteiger partial charge < -0.3 is 4.48 Å². The van der Waals surface area contributed by atoms with Gasteiger partial charge in [-0.2, -0.15) is 0 Å². The van der Waals surface area contributed by atoms with Gasteiger partial charge in [-0.3, -0.25) is 4.21 Å². The van der Waals surface area contributed by atoms with Crippen LogP contribution in [0.25, 0.3) is 0 Å². The minimum absolute atomic E-state index is 0.610. The van der Waals surface area contributed by atoms with Crippen LogP contribution in [0.5, 0.6) is 0 Å². The molecule has 62 valence electrons. The molecule has 1 unspecified atom stereocenters. The van der Waals surface area contributed by atoms with Crippen molar-refractivity contribution in [2.24, 2.45) is 0 Å². The summed E-state index contributed by atoms with van der Waals surface area (Å²) in [4.78, 5) is 0. The number of quaternary nitrogens is 1. The Morgan fingerprint density at radius 2 is 1.80 bits per heavy atom. The van der Waals surface area contributed by atoms with E-state index in [4.69, 9.17) is 0 Å². The van der Waals surface area contributed by atoms with Crippen LogP contribution < -0.4 is 0 Å². The highest BCUT2D eigenvalue weighted by Gasteiger charge is 2.05. The molecule has 0 saturated carbocycles. The molecule has 0 heterocycles. The van der Waals surface area contributed by atoms with Gasteiger partial charge in [-0.25, -0.2) is 0 Å². The predicted molar refractivity (Wildman–Crippen MR) is 46.4 cm³/mol. The normalized spacial score (nSPS) is 15.2. The number of rotatable bonds is 4. The SMILES string of the molecule is CS(=O)CCC[N+](C)(C)C. The summed E-state index contributed by atoms with van der Waals surface area (Å²) in [6.07, 6.45) is 2.82. The van der Waals surface area contributed by atoms with Gasteiger partial charge in [0.2, 0.25) is 0 Å². The van der Waals surface area contributed by atoms with Crippen molar-refractivity contribution in [2.75, 3.05) is 39.7 Å². The van der Waals surface area contributed by atoms with Gasteiger partial charge >= 0.3 is 0 Å². The molecule has 0 aliphatic heterocycles. The first-order valence-electron chi connectivity index (χ1n) is 3.52. The van der Waals surface area contributed by atoms with Crippen LogP contribution in [-0.2, 0) is 10.8 Å². The van der Waals surface area contributed by atoms with Crippen molar-refractivity contribution in [2.45, 2.75) is 6.42 Å². The highest BCUT2D eigenvalue weighted by Crippen LogP contribution is 1.93. The van der Waals surface area contributed by atoms with E-state index in [1.165, 1.54) is 0 Å². The molecule has 0 N–H and O–H groups in total. The second-order valence-corrected chi connectivity index (χ2v) is 5.20. The Bertz CT molecular complexity index is 117. The summed E-state index contributed by atoms with van der Waals surface area (Å²) >= 11 is 0. The smallest absolute Gasteiger partial charge is 0.0789 e. The summed E-state index contributed by atoms with van der Waals surface area (Å²) in [5.74, 6) is 0.843. The summed E-state index contributed by atoms with van der Waals surface area (Å²) in [6, 6.07) is 0. The van der Waals surface area contributed by atoms with Gasteiger partial charge in [0.1, 0.15) is 0 Å². The van der Waals surface area contributed by atoms with Gasteiger partial charge in [-0.1, -0.05) is 0 Å². The number of hydrogen-bond donors (Lipinski definition) is 0. The van der Waals surface area contributed by atoms with E-state index in [-0.39, 0.29) is 0 Å². The highest BCUT2D eigenvalue weighted by atomic mass is 32.2. The Morgan fingerprint density at radius 3 is 2.10 bits per heavy atom. The highest BCUT2D eigenvalue weighted by molar-refractivity contribution is 7.84. The molecule has 10 heavy (non-hydrogen) atoms. The first-order valence-corrected chi connectivity index (χ1v) is 5.25. The molecule has 0 aromatic heterocycles. The summed E-state index contributed by atoms with van der Waals surface area (Å²) in [7, 11) is 5.84. The molecule has 1 atom stereocenters. The molecule has 0 radical (unpaired) electrons. The molecule has 3 heteroatoms. The topological polar surface area (TPSA) is 17.1 Å². The largest absolute Gasteiger partial charge is 0.331 e. The molecular weight excluding hydrogens is 146 g/mol. The van der Waals surface area contributed by atoms with Crippen LogP contribution in [0.1, 0.15) is 6.42 Å². The predicted octanol–water partition coefficient (Wildman–Crippen LogP) is 0.461. The lowest BCUT2D eigenvalue weighted by Crippen LogP contribution is -2.35. The van der Waals surface area contributed by atoms with E-state index in [0.717, 1.165) is 23.2 Å². The maximum atomic E-state index is 10.6. The Morgan fingerprint density at radius 1 is 1.30 bits per heavy atom. The number of nitrogens with zero attached hydrogens (tertiary/aromatic N) is 1. The van der Waals surface area contributed by atoms with Crippen LogP contribution in [0.4, 0.5) is 0 Å². The molecule has 0 spiro atoms. The number of hydrogen-bond acceptors (Lipinski definition) is 1. The van der Waals surface area contributed by atoms with Crippen LogP contribution in [0, 0.1) is 0 Å². The second-order valence-electron chi connectivity index (χ2n) is 3.64. The van der Waals surface area contributed by atoms with E-state index in [2.05, 4.69) is 21.1 Å². The molecule has 0 rings (SSSR count). The second kappa shape index (κ2) is 4.09. The van der Waals surface area contributed by atoms with Gasteiger partial charge in [-0.15, -0.1) is 0 Å². The van der Waals surface area contributed by atoms with Crippen LogP contribution in [-0.4, -0.2) is 48.4 Å². The Balaban J connectivity index is 3.29. The van der Waals surface area contributed by atoms with Gasteiger partial charge in [0.25, 0.3) is 0 Å². The average Bonchev–Trinajstić information content (AvgIpc) is 1.59. The van der Waals surface area contributed by atoms with Crippen LogP contribution in [0.2, 0.25) is 0 Å². The third-order valence-corrected chi connectivity index (χ3v) is 2.12. The van der Waals surface area contributed by atoms with Crippen molar-refractivity contribution in [3.05, 3.63) is 0 Å². The summed E-state index contributed by atoms with van der Waals surface area (Å²) in [5.41, 5.74) is 0. The maximum absolute atomic E-state index is 10.6. The van der Waals surface area contributed by atoms with Crippen LogP contribution in [0.15, 0.2) is 0 Å². The van der Waals surface area contributed by atoms with E-state index in [9.17, 15) is 4.21 Å². The standard InChI is InChI=1S/C7H18NOS/c1-8(2,3)6-5-7-10(4)9/h5-7H2,1-4H3/q+1. The fourth-order valence-electron chi connectivity index (χ4n) is 0.742. The van der Waals surface area contributed by atoms with Crippen molar-refractivity contribution >= 4 is 10.8 Å². The molecule has 0 aliphatic carbocycles. The minimum Gasteiger partial charge on any atom is -0.331 e. The lowest BCUT2D eigenvalue weighted by molar-refractivity contribution is -0.870. The average molecular weight is 164 g/mol. The quantitative estimate of drug-likeness (QED) is 0.552. The Labute approximate surface area is 66.3 Å². The lowest BCUT2D eigenvalue weighted by Gasteiger charge is -2.23. The maximum Gasteiger partial charge on any atom is 0.0789 e. The van der Waals surface area contributed by atoms with E-state index < -0.39 is 10.8 Å². The van der Waals surface area contributed by atoms with Crippen molar-refractivity contribution in [1.29, 1.82) is 0 Å². The first kappa shape index (κ1) is 10.1. The summed E-state index contributed by atoms with van der Waals surface area (Å²) in [6.45, 7) is 1.11. The first-order chi connectivity index (χ1) is 4.42. The van der Waals surface area contributed by atoms with Crippen molar-refractivity contribution in [3.63, 3.8) is 0 Å². The molecule has 0 bridgehead atoms. The molecule has 0 aromatic rings. The van der Waals surface area contributed by atoms with Gasteiger partial charge in [0.15, 0.2) is 0 Å². The summed E-state index contributed by atoms with van der Waals surface area (Å²) < 4.78 is 11.6. The van der Waals surface area contributed by atoms with Crippen LogP contribution in [0.3, 0.4) is 0 Å². The van der Waals surface area contributed by atoms with E-state index in [1.54, 1.807) is 6.26 Å². The van der Waals surface area contributed by atoms with E-state index >= 15 is 0 Å². The van der Waals surface area contributed by atoms with Crippen molar-refractivity contribution < 1.29 is 8.69 Å². The van der Waals surface area contributed by atoms with Gasteiger partial charge in [-0.05, 0) is 0 Å². The van der Waals surface area contributed by atoms with Crippen molar-refractivity contribution in [3.8, 4) is 0 Å².